The first kappa shape index (κ1) is 22.6. The van der Waals surface area contributed by atoms with Crippen LogP contribution in [0, 0.1) is 5.92 Å². The van der Waals surface area contributed by atoms with Crippen LogP contribution in [0.1, 0.15) is 77.7 Å². The van der Waals surface area contributed by atoms with Gasteiger partial charge in [-0.05, 0) is 57.9 Å². The Morgan fingerprint density at radius 3 is 2.23 bits per heavy atom. The van der Waals surface area contributed by atoms with Gasteiger partial charge in [-0.25, -0.2) is 4.79 Å². The van der Waals surface area contributed by atoms with Gasteiger partial charge < -0.3 is 14.5 Å². The number of carbonyl (C=O) groups excluding carboxylic acids is 2. The predicted molar refractivity (Wildman–Crippen MR) is 119 cm³/mol. The van der Waals surface area contributed by atoms with Gasteiger partial charge in [0.05, 0.1) is 0 Å². The van der Waals surface area contributed by atoms with E-state index in [2.05, 4.69) is 17.0 Å². The second-order valence-corrected chi connectivity index (χ2v) is 9.91. The van der Waals surface area contributed by atoms with Gasteiger partial charge in [0.2, 0.25) is 5.91 Å². The molecule has 2 amide bonds. The molecule has 0 aromatic heterocycles. The van der Waals surface area contributed by atoms with E-state index in [9.17, 15) is 9.59 Å². The summed E-state index contributed by atoms with van der Waals surface area (Å²) in [5.74, 6) is 0.813. The fraction of sp³-hybridized carbons (Fsp3) is 0.680. The molecule has 1 saturated heterocycles. The molecule has 0 unspecified atom stereocenters. The standard InChI is InChI=1S/C25H38N2O3/c1-25(2,3)30-24(29)26-16-14-22(15-17-26)27(19-21-12-8-5-9-13-21)23(28)18-20-10-6-4-7-11-20/h5,8-9,12-13,20,22H,4,6-7,10-11,14-19H2,1-3H3. The maximum Gasteiger partial charge on any atom is 0.410 e. The molecular weight excluding hydrogens is 376 g/mol. The van der Waals surface area contributed by atoms with Crippen LogP contribution in [0.25, 0.3) is 0 Å². The van der Waals surface area contributed by atoms with Crippen LogP contribution >= 0.6 is 0 Å². The molecule has 1 heterocycles. The maximum atomic E-state index is 13.3. The van der Waals surface area contributed by atoms with Crippen molar-refractivity contribution in [1.29, 1.82) is 0 Å². The zero-order chi connectivity index (χ0) is 21.6. The summed E-state index contributed by atoms with van der Waals surface area (Å²) in [5.41, 5.74) is 0.688. The van der Waals surface area contributed by atoms with Crippen molar-refractivity contribution in [3.63, 3.8) is 0 Å². The number of piperidine rings is 1. The highest BCUT2D eigenvalue weighted by Crippen LogP contribution is 2.29. The number of rotatable bonds is 5. The second kappa shape index (κ2) is 10.3. The zero-order valence-corrected chi connectivity index (χ0v) is 18.9. The van der Waals surface area contributed by atoms with Crippen LogP contribution in [-0.2, 0) is 16.1 Å². The lowest BCUT2D eigenvalue weighted by atomic mass is 9.86. The maximum absolute atomic E-state index is 13.3. The minimum absolute atomic E-state index is 0.181. The van der Waals surface area contributed by atoms with Crippen LogP contribution in [-0.4, -0.2) is 46.5 Å². The Morgan fingerprint density at radius 1 is 1.00 bits per heavy atom. The Bertz CT molecular complexity index is 684. The van der Waals surface area contributed by atoms with Crippen LogP contribution in [0.3, 0.4) is 0 Å². The number of ether oxygens (including phenoxy) is 1. The summed E-state index contributed by atoms with van der Waals surface area (Å²) in [4.78, 5) is 29.6. The molecule has 0 bridgehead atoms. The molecule has 3 rings (SSSR count). The summed E-state index contributed by atoms with van der Waals surface area (Å²) in [6.45, 7) is 7.61. The summed E-state index contributed by atoms with van der Waals surface area (Å²) in [6.07, 6.45) is 8.22. The van der Waals surface area contributed by atoms with Gasteiger partial charge in [0.15, 0.2) is 0 Å². The number of benzene rings is 1. The summed E-state index contributed by atoms with van der Waals surface area (Å²) in [6, 6.07) is 10.4. The van der Waals surface area contributed by atoms with Crippen molar-refractivity contribution in [2.24, 2.45) is 5.92 Å². The van der Waals surface area contributed by atoms with Crippen molar-refractivity contribution in [1.82, 2.24) is 9.80 Å². The van der Waals surface area contributed by atoms with Crippen LogP contribution in [0.5, 0.6) is 0 Å². The summed E-state index contributed by atoms with van der Waals surface area (Å²) >= 11 is 0. The molecule has 0 N–H and O–H groups in total. The van der Waals surface area contributed by atoms with E-state index in [4.69, 9.17) is 4.74 Å². The molecule has 0 atom stereocenters. The number of nitrogens with zero attached hydrogens (tertiary/aromatic N) is 2. The molecule has 2 aliphatic rings. The first-order valence-corrected chi connectivity index (χ1v) is 11.6. The Balaban J connectivity index is 1.63. The molecule has 1 aromatic rings. The average Bonchev–Trinajstić information content (AvgIpc) is 2.72. The first-order chi connectivity index (χ1) is 14.3. The molecule has 0 radical (unpaired) electrons. The van der Waals surface area contributed by atoms with E-state index in [-0.39, 0.29) is 18.0 Å². The second-order valence-electron chi connectivity index (χ2n) is 9.91. The number of carbonyl (C=O) groups is 2. The van der Waals surface area contributed by atoms with Gasteiger partial charge >= 0.3 is 6.09 Å². The van der Waals surface area contributed by atoms with E-state index >= 15 is 0 Å². The fourth-order valence-corrected chi connectivity index (χ4v) is 4.64. The van der Waals surface area contributed by atoms with Gasteiger partial charge in [0.1, 0.15) is 5.60 Å². The van der Waals surface area contributed by atoms with Crippen LogP contribution < -0.4 is 0 Å². The molecule has 1 aliphatic carbocycles. The largest absolute Gasteiger partial charge is 0.444 e. The Morgan fingerprint density at radius 2 is 1.63 bits per heavy atom. The molecule has 166 valence electrons. The number of hydrogen-bond acceptors (Lipinski definition) is 3. The van der Waals surface area contributed by atoms with E-state index < -0.39 is 5.60 Å². The monoisotopic (exact) mass is 414 g/mol. The van der Waals surface area contributed by atoms with Crippen LogP contribution in [0.15, 0.2) is 30.3 Å². The molecule has 30 heavy (non-hydrogen) atoms. The van der Waals surface area contributed by atoms with Gasteiger partial charge in [0, 0.05) is 32.1 Å². The minimum Gasteiger partial charge on any atom is -0.444 e. The molecule has 5 heteroatoms. The minimum atomic E-state index is -0.483. The van der Waals surface area contributed by atoms with Crippen molar-refractivity contribution in [2.75, 3.05) is 13.1 Å². The van der Waals surface area contributed by atoms with Gasteiger partial charge in [-0.3, -0.25) is 4.79 Å². The average molecular weight is 415 g/mol. The zero-order valence-electron chi connectivity index (χ0n) is 18.9. The summed E-state index contributed by atoms with van der Waals surface area (Å²) < 4.78 is 5.52. The van der Waals surface area contributed by atoms with Crippen LogP contribution in [0.2, 0.25) is 0 Å². The molecule has 2 fully saturated rings. The third-order valence-electron chi connectivity index (χ3n) is 6.26. The smallest absolute Gasteiger partial charge is 0.410 e. The van der Waals surface area contributed by atoms with Crippen molar-refractivity contribution in [3.8, 4) is 0 Å². The fourth-order valence-electron chi connectivity index (χ4n) is 4.64. The van der Waals surface area contributed by atoms with Gasteiger partial charge in [-0.2, -0.15) is 0 Å². The Kier molecular flexibility index (Phi) is 7.79. The highest BCUT2D eigenvalue weighted by atomic mass is 16.6. The SMILES string of the molecule is CC(C)(C)OC(=O)N1CCC(N(Cc2ccccc2)C(=O)CC2CCCCC2)CC1. The van der Waals surface area contributed by atoms with Crippen molar-refractivity contribution < 1.29 is 14.3 Å². The van der Waals surface area contributed by atoms with E-state index in [1.165, 1.54) is 37.7 Å². The molecule has 1 aromatic carbocycles. The highest BCUT2D eigenvalue weighted by Gasteiger charge is 2.32. The number of hydrogen-bond donors (Lipinski definition) is 0. The van der Waals surface area contributed by atoms with E-state index in [1.807, 2.05) is 39.0 Å². The first-order valence-electron chi connectivity index (χ1n) is 11.6. The summed E-state index contributed by atoms with van der Waals surface area (Å²) in [7, 11) is 0. The predicted octanol–water partition coefficient (Wildman–Crippen LogP) is 5.39. The molecule has 5 nitrogen and oxygen atoms in total. The lowest BCUT2D eigenvalue weighted by Gasteiger charge is -2.39. The topological polar surface area (TPSA) is 49.9 Å². The van der Waals surface area contributed by atoms with Crippen molar-refractivity contribution in [3.05, 3.63) is 35.9 Å². The van der Waals surface area contributed by atoms with E-state index in [0.717, 1.165) is 12.8 Å². The van der Waals surface area contributed by atoms with Crippen molar-refractivity contribution in [2.45, 2.75) is 90.3 Å². The lowest BCUT2D eigenvalue weighted by molar-refractivity contribution is -0.136. The van der Waals surface area contributed by atoms with Gasteiger partial charge in [0.25, 0.3) is 0 Å². The molecular formula is C25H38N2O3. The molecule has 0 spiro atoms. The molecule has 1 saturated carbocycles. The molecule has 1 aliphatic heterocycles. The lowest BCUT2D eigenvalue weighted by Crippen LogP contribution is -2.49. The van der Waals surface area contributed by atoms with Gasteiger partial charge in [-0.1, -0.05) is 49.6 Å². The van der Waals surface area contributed by atoms with E-state index in [1.54, 1.807) is 4.90 Å². The van der Waals surface area contributed by atoms with Gasteiger partial charge in [-0.15, -0.1) is 0 Å². The highest BCUT2D eigenvalue weighted by molar-refractivity contribution is 5.77. The number of likely N-dealkylation sites (tertiary alicyclic amines) is 1. The normalized spacial score (nSPS) is 18.8. The Labute approximate surface area is 181 Å². The van der Waals surface area contributed by atoms with Crippen LogP contribution in [0.4, 0.5) is 4.79 Å². The third kappa shape index (κ3) is 6.75. The summed E-state index contributed by atoms with van der Waals surface area (Å²) in [5, 5.41) is 0. The number of amides is 2. The van der Waals surface area contributed by atoms with Crippen molar-refractivity contribution >= 4 is 12.0 Å². The van der Waals surface area contributed by atoms with E-state index in [0.29, 0.717) is 32.0 Å². The third-order valence-corrected chi connectivity index (χ3v) is 6.26. The quantitative estimate of drug-likeness (QED) is 0.649. The Hall–Kier alpha value is -2.04.